The monoisotopic (exact) mass is 263 g/mol. The summed E-state index contributed by atoms with van der Waals surface area (Å²) < 4.78 is 38.4. The number of benzene rings is 1. The van der Waals surface area contributed by atoms with Crippen LogP contribution in [-0.4, -0.2) is 11.2 Å². The van der Waals surface area contributed by atoms with Gasteiger partial charge >= 0.3 is 11.8 Å². The molecule has 1 aromatic heterocycles. The van der Waals surface area contributed by atoms with Crippen molar-refractivity contribution < 1.29 is 13.2 Å². The van der Waals surface area contributed by atoms with Crippen LogP contribution in [0.1, 0.15) is 5.56 Å². The zero-order valence-corrected chi connectivity index (χ0v) is 9.59. The second-order valence-corrected chi connectivity index (χ2v) is 4.16. The summed E-state index contributed by atoms with van der Waals surface area (Å²) >= 11 is 0. The van der Waals surface area contributed by atoms with Crippen molar-refractivity contribution in [2.24, 2.45) is 10.2 Å². The Balaban J connectivity index is 1.93. The fraction of sp³-hybridized carbons (Fsp3) is 0.154. The molecule has 3 rings (SSSR count). The van der Waals surface area contributed by atoms with Gasteiger partial charge in [0.1, 0.15) is 0 Å². The van der Waals surface area contributed by atoms with Gasteiger partial charge in [-0.25, -0.2) is 0 Å². The van der Waals surface area contributed by atoms with E-state index in [1.807, 2.05) is 6.07 Å². The smallest absolute Gasteiger partial charge is 0.256 e. The number of hydrogen-bond acceptors (Lipinski definition) is 3. The zero-order valence-electron chi connectivity index (χ0n) is 9.59. The highest BCUT2D eigenvalue weighted by Gasteiger charge is 2.65. The van der Waals surface area contributed by atoms with Crippen LogP contribution in [0, 0.1) is 0 Å². The van der Waals surface area contributed by atoms with Crippen molar-refractivity contribution in [3.05, 3.63) is 54.2 Å². The van der Waals surface area contributed by atoms with Crippen molar-refractivity contribution in [2.45, 2.75) is 11.8 Å². The van der Waals surface area contributed by atoms with Gasteiger partial charge in [0.2, 0.25) is 0 Å². The average Bonchev–Trinajstić information content (AvgIpc) is 3.21. The maximum Gasteiger partial charge on any atom is 0.442 e. The van der Waals surface area contributed by atoms with E-state index in [9.17, 15) is 13.2 Å². The van der Waals surface area contributed by atoms with Crippen LogP contribution < -0.4 is 0 Å². The molecule has 1 aliphatic rings. The maximum atomic E-state index is 12.8. The fourth-order valence-electron chi connectivity index (χ4n) is 1.85. The number of rotatable bonds is 2. The van der Waals surface area contributed by atoms with E-state index >= 15 is 0 Å². The molecule has 0 N–H and O–H groups in total. The van der Waals surface area contributed by atoms with Gasteiger partial charge in [-0.1, -0.05) is 30.3 Å². The highest BCUT2D eigenvalue weighted by Crippen LogP contribution is 2.52. The number of hydrogen-bond donors (Lipinski definition) is 0. The third-order valence-corrected chi connectivity index (χ3v) is 2.94. The second-order valence-electron chi connectivity index (χ2n) is 4.16. The van der Waals surface area contributed by atoms with Crippen molar-refractivity contribution in [2.75, 3.05) is 0 Å². The van der Waals surface area contributed by atoms with Crippen LogP contribution in [0.4, 0.5) is 13.2 Å². The predicted molar refractivity (Wildman–Crippen MR) is 62.3 cm³/mol. The first-order valence-corrected chi connectivity index (χ1v) is 5.56. The van der Waals surface area contributed by atoms with E-state index in [1.165, 1.54) is 12.1 Å². The highest BCUT2D eigenvalue weighted by molar-refractivity contribution is 5.59. The lowest BCUT2D eigenvalue weighted by atomic mass is 10.0. The summed E-state index contributed by atoms with van der Waals surface area (Å²) in [5, 5.41) is 6.32. The summed E-state index contributed by atoms with van der Waals surface area (Å²) in [5.41, 5.74) is -0.864. The van der Waals surface area contributed by atoms with Crippen molar-refractivity contribution >= 4 is 0 Å². The molecule has 1 aromatic carbocycles. The number of aromatic nitrogens is 1. The molecule has 2 heterocycles. The first kappa shape index (κ1) is 11.8. The molecule has 0 bridgehead atoms. The van der Waals surface area contributed by atoms with Crippen molar-refractivity contribution in [1.29, 1.82) is 0 Å². The summed E-state index contributed by atoms with van der Waals surface area (Å²) in [4.78, 5) is 4.14. The molecular weight excluding hydrogens is 255 g/mol. The third kappa shape index (κ3) is 1.89. The minimum Gasteiger partial charge on any atom is -0.256 e. The molecule has 1 aliphatic heterocycles. The number of alkyl halides is 3. The Kier molecular flexibility index (Phi) is 2.41. The van der Waals surface area contributed by atoms with E-state index in [-0.39, 0.29) is 5.56 Å². The number of nitrogens with zero attached hydrogens (tertiary/aromatic N) is 3. The second kappa shape index (κ2) is 3.88. The van der Waals surface area contributed by atoms with Gasteiger partial charge < -0.3 is 0 Å². The Morgan fingerprint density at radius 2 is 1.58 bits per heavy atom. The van der Waals surface area contributed by atoms with Crippen LogP contribution in [0.15, 0.2) is 58.9 Å². The van der Waals surface area contributed by atoms with Gasteiger partial charge in [-0.15, -0.1) is 10.2 Å². The molecule has 0 spiro atoms. The van der Waals surface area contributed by atoms with E-state index in [1.54, 1.807) is 30.5 Å². The molecule has 19 heavy (non-hydrogen) atoms. The molecule has 96 valence electrons. The molecule has 6 heteroatoms. The lowest BCUT2D eigenvalue weighted by molar-refractivity contribution is -0.166. The zero-order chi connectivity index (χ0) is 13.5. The van der Waals surface area contributed by atoms with E-state index < -0.39 is 11.8 Å². The van der Waals surface area contributed by atoms with E-state index in [4.69, 9.17) is 0 Å². The third-order valence-electron chi connectivity index (χ3n) is 2.94. The first-order chi connectivity index (χ1) is 9.03. The van der Waals surface area contributed by atoms with Gasteiger partial charge in [0.25, 0.3) is 0 Å². The summed E-state index contributed by atoms with van der Waals surface area (Å²) in [6, 6.07) is 11.3. The molecular formula is C13H8F3N3. The summed E-state index contributed by atoms with van der Waals surface area (Å²) in [7, 11) is 0. The standard InChI is InChI=1S/C13H8F3N3/c14-13(15,16)12(18-19-12)10-6-4-9(5-7-10)11-3-1-2-8-17-11/h1-8H. The topological polar surface area (TPSA) is 37.6 Å². The predicted octanol–water partition coefficient (Wildman–Crippen LogP) is 3.93. The largest absolute Gasteiger partial charge is 0.442 e. The first-order valence-electron chi connectivity index (χ1n) is 5.56. The quantitative estimate of drug-likeness (QED) is 0.808. The molecule has 0 unspecified atom stereocenters. The Morgan fingerprint density at radius 3 is 2.05 bits per heavy atom. The van der Waals surface area contributed by atoms with Crippen molar-refractivity contribution in [1.82, 2.24) is 4.98 Å². The van der Waals surface area contributed by atoms with Gasteiger partial charge in [0, 0.05) is 17.3 Å². The highest BCUT2D eigenvalue weighted by atomic mass is 19.4. The molecule has 2 aromatic rings. The van der Waals surface area contributed by atoms with Gasteiger partial charge in [-0.3, -0.25) is 4.98 Å². The minimum absolute atomic E-state index is 0.0275. The molecule has 0 atom stereocenters. The van der Waals surface area contributed by atoms with Gasteiger partial charge in [-0.2, -0.15) is 13.2 Å². The molecule has 0 saturated carbocycles. The lowest BCUT2D eigenvalue weighted by Crippen LogP contribution is -2.29. The van der Waals surface area contributed by atoms with E-state index in [0.29, 0.717) is 5.69 Å². The summed E-state index contributed by atoms with van der Waals surface area (Å²) in [6.45, 7) is 0. The molecule has 0 amide bonds. The van der Waals surface area contributed by atoms with Crippen LogP contribution in [0.5, 0.6) is 0 Å². The maximum absolute atomic E-state index is 12.8. The van der Waals surface area contributed by atoms with E-state index in [0.717, 1.165) is 5.56 Å². The van der Waals surface area contributed by atoms with Crippen LogP contribution >= 0.6 is 0 Å². The number of halogens is 3. The fourth-order valence-corrected chi connectivity index (χ4v) is 1.85. The molecule has 0 aliphatic carbocycles. The molecule has 0 radical (unpaired) electrons. The summed E-state index contributed by atoms with van der Waals surface area (Å²) in [5.74, 6) is 0. The Labute approximate surface area is 106 Å². The van der Waals surface area contributed by atoms with E-state index in [2.05, 4.69) is 15.2 Å². The Morgan fingerprint density at radius 1 is 0.895 bits per heavy atom. The lowest BCUT2D eigenvalue weighted by Gasteiger charge is -2.14. The minimum atomic E-state index is -4.49. The molecule has 0 fully saturated rings. The Hall–Kier alpha value is -2.24. The van der Waals surface area contributed by atoms with Gasteiger partial charge in [-0.05, 0) is 12.1 Å². The average molecular weight is 263 g/mol. The normalized spacial score (nSPS) is 16.4. The van der Waals surface area contributed by atoms with Crippen LogP contribution in [-0.2, 0) is 5.66 Å². The molecule has 0 saturated heterocycles. The Bertz CT molecular complexity index is 612. The van der Waals surface area contributed by atoms with Crippen LogP contribution in [0.2, 0.25) is 0 Å². The van der Waals surface area contributed by atoms with Crippen LogP contribution in [0.25, 0.3) is 11.3 Å². The number of pyridine rings is 1. The van der Waals surface area contributed by atoms with Crippen molar-refractivity contribution in [3.63, 3.8) is 0 Å². The van der Waals surface area contributed by atoms with Crippen LogP contribution in [0.3, 0.4) is 0 Å². The van der Waals surface area contributed by atoms with Gasteiger partial charge in [0.15, 0.2) is 0 Å². The van der Waals surface area contributed by atoms with Gasteiger partial charge in [0.05, 0.1) is 5.69 Å². The van der Waals surface area contributed by atoms with Crippen molar-refractivity contribution in [3.8, 4) is 11.3 Å². The SMILES string of the molecule is FC(F)(F)C1(c2ccc(-c3ccccn3)cc2)N=N1. The summed E-state index contributed by atoms with van der Waals surface area (Å²) in [6.07, 6.45) is -2.86. The molecule has 3 nitrogen and oxygen atoms in total.